The Balaban J connectivity index is 1.72. The smallest absolute Gasteiger partial charge is 0.166 e. The normalized spacial score (nSPS) is 13.4. The van der Waals surface area contributed by atoms with Gasteiger partial charge < -0.3 is 19.5 Å². The van der Waals surface area contributed by atoms with Crippen LogP contribution < -0.4 is 19.5 Å². The fourth-order valence-corrected chi connectivity index (χ4v) is 2.30. The van der Waals surface area contributed by atoms with E-state index in [1.54, 1.807) is 7.11 Å². The molecule has 0 saturated carbocycles. The van der Waals surface area contributed by atoms with Crippen molar-refractivity contribution in [3.63, 3.8) is 0 Å². The summed E-state index contributed by atoms with van der Waals surface area (Å²) < 4.78 is 16.7. The topological polar surface area (TPSA) is 39.7 Å². The van der Waals surface area contributed by atoms with Crippen LogP contribution in [-0.2, 0) is 6.54 Å². The Labute approximate surface area is 124 Å². The van der Waals surface area contributed by atoms with Gasteiger partial charge in [-0.3, -0.25) is 0 Å². The molecule has 110 valence electrons. The van der Waals surface area contributed by atoms with Crippen LogP contribution in [0.1, 0.15) is 12.0 Å². The number of benzene rings is 2. The monoisotopic (exact) mass is 285 g/mol. The van der Waals surface area contributed by atoms with Crippen LogP contribution in [0.5, 0.6) is 17.2 Å². The average Bonchev–Trinajstić information content (AvgIpc) is 2.79. The predicted molar refractivity (Wildman–Crippen MR) is 82.4 cm³/mol. The molecule has 0 radical (unpaired) electrons. The first-order chi connectivity index (χ1) is 10.4. The summed E-state index contributed by atoms with van der Waals surface area (Å²) in [5.74, 6) is 2.54. The molecule has 0 amide bonds. The molecule has 2 aromatic carbocycles. The quantitative estimate of drug-likeness (QED) is 0.933. The van der Waals surface area contributed by atoms with Gasteiger partial charge in [-0.25, -0.2) is 0 Å². The van der Waals surface area contributed by atoms with Gasteiger partial charge in [-0.05, 0) is 30.3 Å². The zero-order chi connectivity index (χ0) is 14.5. The highest BCUT2D eigenvalue weighted by atomic mass is 16.5. The Bertz CT molecular complexity index is 595. The fraction of sp³-hybridized carbons (Fsp3) is 0.294. The highest BCUT2D eigenvalue weighted by molar-refractivity contribution is 5.51. The summed E-state index contributed by atoms with van der Waals surface area (Å²) >= 11 is 0. The molecule has 2 aromatic rings. The van der Waals surface area contributed by atoms with Crippen molar-refractivity contribution in [1.29, 1.82) is 0 Å². The van der Waals surface area contributed by atoms with Gasteiger partial charge in [-0.1, -0.05) is 12.1 Å². The molecular formula is C17H19NO3. The van der Waals surface area contributed by atoms with E-state index >= 15 is 0 Å². The van der Waals surface area contributed by atoms with Gasteiger partial charge in [0.15, 0.2) is 11.5 Å². The van der Waals surface area contributed by atoms with Crippen LogP contribution in [0, 0.1) is 0 Å². The van der Waals surface area contributed by atoms with E-state index in [1.807, 2.05) is 36.4 Å². The Morgan fingerprint density at radius 3 is 2.67 bits per heavy atom. The molecule has 3 rings (SSSR count). The van der Waals surface area contributed by atoms with Crippen molar-refractivity contribution in [2.75, 3.05) is 25.6 Å². The van der Waals surface area contributed by atoms with Crippen LogP contribution >= 0.6 is 0 Å². The highest BCUT2D eigenvalue weighted by Gasteiger charge is 2.14. The summed E-state index contributed by atoms with van der Waals surface area (Å²) in [5.41, 5.74) is 2.15. The number of hydrogen-bond acceptors (Lipinski definition) is 4. The van der Waals surface area contributed by atoms with Crippen LogP contribution in [-0.4, -0.2) is 20.3 Å². The maximum absolute atomic E-state index is 5.82. The van der Waals surface area contributed by atoms with Crippen LogP contribution in [0.3, 0.4) is 0 Å². The molecule has 0 spiro atoms. The molecule has 21 heavy (non-hydrogen) atoms. The second kappa shape index (κ2) is 6.39. The molecule has 0 aliphatic carbocycles. The van der Waals surface area contributed by atoms with Crippen molar-refractivity contribution in [1.82, 2.24) is 0 Å². The zero-order valence-electron chi connectivity index (χ0n) is 12.1. The summed E-state index contributed by atoms with van der Waals surface area (Å²) in [6.45, 7) is 2.10. The standard InChI is InChI=1S/C17H19NO3/c1-19-15-8-6-14(7-9-15)18-12-13-4-2-5-16-17(13)21-11-3-10-20-16/h2,4-9,18H,3,10-12H2,1H3. The molecule has 0 atom stereocenters. The number of hydrogen-bond donors (Lipinski definition) is 1. The molecule has 4 heteroatoms. The van der Waals surface area contributed by atoms with E-state index in [-0.39, 0.29) is 0 Å². The van der Waals surface area contributed by atoms with Crippen LogP contribution in [0.4, 0.5) is 5.69 Å². The molecule has 1 aliphatic rings. The fourth-order valence-electron chi connectivity index (χ4n) is 2.30. The Kier molecular flexibility index (Phi) is 4.15. The zero-order valence-corrected chi connectivity index (χ0v) is 12.1. The minimum Gasteiger partial charge on any atom is -0.497 e. The second-order valence-corrected chi connectivity index (χ2v) is 4.88. The lowest BCUT2D eigenvalue weighted by atomic mass is 10.1. The maximum atomic E-state index is 5.82. The molecule has 1 heterocycles. The van der Waals surface area contributed by atoms with E-state index in [2.05, 4.69) is 11.4 Å². The maximum Gasteiger partial charge on any atom is 0.166 e. The molecular weight excluding hydrogens is 266 g/mol. The first kappa shape index (κ1) is 13.6. The van der Waals surface area contributed by atoms with Crippen LogP contribution in [0.2, 0.25) is 0 Å². The van der Waals surface area contributed by atoms with Gasteiger partial charge in [-0.15, -0.1) is 0 Å². The number of ether oxygens (including phenoxy) is 3. The number of methoxy groups -OCH3 is 1. The second-order valence-electron chi connectivity index (χ2n) is 4.88. The summed E-state index contributed by atoms with van der Waals surface area (Å²) in [6.07, 6.45) is 0.917. The summed E-state index contributed by atoms with van der Waals surface area (Å²) in [4.78, 5) is 0. The van der Waals surface area contributed by atoms with Crippen molar-refractivity contribution >= 4 is 5.69 Å². The van der Waals surface area contributed by atoms with Crippen molar-refractivity contribution in [3.05, 3.63) is 48.0 Å². The molecule has 0 bridgehead atoms. The van der Waals surface area contributed by atoms with Gasteiger partial charge in [0.25, 0.3) is 0 Å². The third-order valence-corrected chi connectivity index (χ3v) is 3.43. The first-order valence-corrected chi connectivity index (χ1v) is 7.12. The first-order valence-electron chi connectivity index (χ1n) is 7.12. The van der Waals surface area contributed by atoms with Crippen molar-refractivity contribution < 1.29 is 14.2 Å². The lowest BCUT2D eigenvalue weighted by Gasteiger charge is -2.13. The van der Waals surface area contributed by atoms with E-state index in [1.165, 1.54) is 0 Å². The van der Waals surface area contributed by atoms with E-state index in [0.29, 0.717) is 19.8 Å². The Hall–Kier alpha value is -2.36. The lowest BCUT2D eigenvalue weighted by Crippen LogP contribution is -2.03. The van der Waals surface area contributed by atoms with Crippen molar-refractivity contribution in [3.8, 4) is 17.2 Å². The highest BCUT2D eigenvalue weighted by Crippen LogP contribution is 2.33. The molecule has 0 saturated heterocycles. The van der Waals surface area contributed by atoms with Crippen LogP contribution in [0.15, 0.2) is 42.5 Å². The van der Waals surface area contributed by atoms with Gasteiger partial charge >= 0.3 is 0 Å². The van der Waals surface area contributed by atoms with Crippen molar-refractivity contribution in [2.24, 2.45) is 0 Å². The Morgan fingerprint density at radius 1 is 1.05 bits per heavy atom. The predicted octanol–water partition coefficient (Wildman–Crippen LogP) is 3.47. The molecule has 0 aromatic heterocycles. The molecule has 1 aliphatic heterocycles. The number of fused-ring (bicyclic) bond motifs is 1. The number of nitrogens with one attached hydrogen (secondary N) is 1. The van der Waals surface area contributed by atoms with E-state index in [0.717, 1.165) is 34.9 Å². The minimum atomic E-state index is 0.693. The summed E-state index contributed by atoms with van der Waals surface area (Å²) in [7, 11) is 1.67. The SMILES string of the molecule is COc1ccc(NCc2cccc3c2OCCCO3)cc1. The van der Waals surface area contributed by atoms with Gasteiger partial charge in [-0.2, -0.15) is 0 Å². The molecule has 4 nitrogen and oxygen atoms in total. The van der Waals surface area contributed by atoms with Gasteiger partial charge in [0.05, 0.1) is 20.3 Å². The number of rotatable bonds is 4. The third kappa shape index (κ3) is 3.21. The van der Waals surface area contributed by atoms with E-state index < -0.39 is 0 Å². The Morgan fingerprint density at radius 2 is 1.86 bits per heavy atom. The molecule has 0 fully saturated rings. The minimum absolute atomic E-state index is 0.693. The van der Waals surface area contributed by atoms with Gasteiger partial charge in [0.2, 0.25) is 0 Å². The van der Waals surface area contributed by atoms with Gasteiger partial charge in [0.1, 0.15) is 5.75 Å². The number of para-hydroxylation sites is 1. The average molecular weight is 285 g/mol. The molecule has 1 N–H and O–H groups in total. The number of anilines is 1. The third-order valence-electron chi connectivity index (χ3n) is 3.43. The summed E-state index contributed by atoms with van der Waals surface area (Å²) in [5, 5.41) is 3.39. The van der Waals surface area contributed by atoms with Crippen molar-refractivity contribution in [2.45, 2.75) is 13.0 Å². The van der Waals surface area contributed by atoms with Gasteiger partial charge in [0, 0.05) is 24.2 Å². The molecule has 0 unspecified atom stereocenters. The summed E-state index contributed by atoms with van der Waals surface area (Å²) in [6, 6.07) is 13.9. The van der Waals surface area contributed by atoms with E-state index in [4.69, 9.17) is 14.2 Å². The lowest BCUT2D eigenvalue weighted by molar-refractivity contribution is 0.296. The largest absolute Gasteiger partial charge is 0.497 e. The van der Waals surface area contributed by atoms with E-state index in [9.17, 15) is 0 Å². The van der Waals surface area contributed by atoms with Crippen LogP contribution in [0.25, 0.3) is 0 Å².